The Kier molecular flexibility index (Phi) is 3.40. The van der Waals surface area contributed by atoms with Crippen LogP contribution in [-0.2, 0) is 0 Å². The molecular formula is C6H12N2. The van der Waals surface area contributed by atoms with Gasteiger partial charge in [0.15, 0.2) is 0 Å². The van der Waals surface area contributed by atoms with Crippen molar-refractivity contribution in [2.45, 2.75) is 27.7 Å². The summed E-state index contributed by atoms with van der Waals surface area (Å²) in [6.07, 6.45) is 0. The van der Waals surface area contributed by atoms with Crippen LogP contribution in [0.3, 0.4) is 0 Å². The Hall–Kier alpha value is -0.400. The smallest absolute Gasteiger partial charge is 0.102 e. The summed E-state index contributed by atoms with van der Waals surface area (Å²) in [4.78, 5) is 0. The van der Waals surface area contributed by atoms with Crippen LogP contribution in [0.25, 0.3) is 0 Å². The van der Waals surface area contributed by atoms with Crippen molar-refractivity contribution in [3.05, 3.63) is 12.1 Å². The summed E-state index contributed by atoms with van der Waals surface area (Å²) in [7, 11) is 0. The van der Waals surface area contributed by atoms with Crippen molar-refractivity contribution < 1.29 is 0 Å². The molecule has 0 saturated heterocycles. The largest absolute Gasteiger partial charge is 0.185 e. The molecule has 0 aromatic carbocycles. The van der Waals surface area contributed by atoms with E-state index in [4.69, 9.17) is 0 Å². The molecular weight excluding hydrogens is 100 g/mol. The van der Waals surface area contributed by atoms with E-state index < -0.39 is 0 Å². The monoisotopic (exact) mass is 112 g/mol. The van der Waals surface area contributed by atoms with Crippen LogP contribution in [0.1, 0.15) is 27.7 Å². The van der Waals surface area contributed by atoms with Gasteiger partial charge in [0.25, 0.3) is 0 Å². The van der Waals surface area contributed by atoms with Crippen LogP contribution in [-0.4, -0.2) is 0 Å². The minimum Gasteiger partial charge on any atom is -0.185 e. The van der Waals surface area contributed by atoms with Gasteiger partial charge >= 0.3 is 0 Å². The number of azo groups is 1. The van der Waals surface area contributed by atoms with Crippen molar-refractivity contribution in [3.8, 4) is 0 Å². The number of hydrogen-bond donors (Lipinski definition) is 0. The molecule has 0 heterocycles. The van der Waals surface area contributed by atoms with Crippen LogP contribution in [0.5, 0.6) is 0 Å². The van der Waals surface area contributed by atoms with Gasteiger partial charge < -0.3 is 0 Å². The van der Waals surface area contributed by atoms with Gasteiger partial charge in [-0.3, -0.25) is 0 Å². The van der Waals surface area contributed by atoms with Crippen molar-refractivity contribution in [1.29, 1.82) is 0 Å². The van der Waals surface area contributed by atoms with E-state index in [1.54, 1.807) is 0 Å². The lowest BCUT2D eigenvalue weighted by atomic mass is 10.4. The summed E-state index contributed by atoms with van der Waals surface area (Å²) < 4.78 is 0. The number of rotatable bonds is 2. The molecule has 0 bridgehead atoms. The second kappa shape index (κ2) is 3.58. The van der Waals surface area contributed by atoms with Gasteiger partial charge in [-0.15, -0.1) is 0 Å². The number of hydrogen-bond acceptors (Lipinski definition) is 2. The minimum absolute atomic E-state index is 0.992. The average Bonchev–Trinajstić information content (AvgIpc) is 1.61. The lowest BCUT2D eigenvalue weighted by molar-refractivity contribution is 0.862. The molecule has 0 aromatic rings. The summed E-state index contributed by atoms with van der Waals surface area (Å²) in [6, 6.07) is 1.98. The molecule has 0 aliphatic rings. The summed E-state index contributed by atoms with van der Waals surface area (Å²) in [6.45, 7) is 7.69. The molecule has 0 amide bonds. The molecule has 0 unspecified atom stereocenters. The van der Waals surface area contributed by atoms with Crippen LogP contribution >= 0.6 is 0 Å². The first-order valence-electron chi connectivity index (χ1n) is 2.65. The van der Waals surface area contributed by atoms with Crippen LogP contribution in [0.15, 0.2) is 10.2 Å². The maximum atomic E-state index is 3.83. The summed E-state index contributed by atoms with van der Waals surface area (Å²) in [5.74, 6) is 0. The van der Waals surface area contributed by atoms with E-state index in [1.807, 2.05) is 27.7 Å². The second-order valence-electron chi connectivity index (χ2n) is 2.09. The Balaban J connectivity index is 3.34. The molecule has 2 radical (unpaired) electrons. The van der Waals surface area contributed by atoms with Gasteiger partial charge in [0.2, 0.25) is 0 Å². The van der Waals surface area contributed by atoms with Gasteiger partial charge in [-0.25, -0.2) is 0 Å². The van der Waals surface area contributed by atoms with Crippen molar-refractivity contribution in [2.24, 2.45) is 10.2 Å². The molecule has 0 aliphatic heterocycles. The van der Waals surface area contributed by atoms with Crippen LogP contribution < -0.4 is 0 Å². The lowest BCUT2D eigenvalue weighted by Crippen LogP contribution is -1.77. The predicted molar refractivity (Wildman–Crippen MR) is 34.0 cm³/mol. The van der Waals surface area contributed by atoms with Gasteiger partial charge in [-0.1, -0.05) is 0 Å². The summed E-state index contributed by atoms with van der Waals surface area (Å²) in [5, 5.41) is 7.66. The molecule has 0 aromatic heterocycles. The van der Waals surface area contributed by atoms with Crippen LogP contribution in [0, 0.1) is 12.1 Å². The quantitative estimate of drug-likeness (QED) is 0.490. The summed E-state index contributed by atoms with van der Waals surface area (Å²) >= 11 is 0. The first-order valence-corrected chi connectivity index (χ1v) is 2.65. The highest BCUT2D eigenvalue weighted by Crippen LogP contribution is 2.03. The fourth-order valence-electron chi connectivity index (χ4n) is 0.200. The highest BCUT2D eigenvalue weighted by Gasteiger charge is 1.89. The van der Waals surface area contributed by atoms with E-state index in [-0.39, 0.29) is 0 Å². The molecule has 0 N–H and O–H groups in total. The van der Waals surface area contributed by atoms with E-state index in [0.29, 0.717) is 0 Å². The third kappa shape index (κ3) is 5.60. The normalized spacial score (nSPS) is 12.2. The van der Waals surface area contributed by atoms with Crippen molar-refractivity contribution in [3.63, 3.8) is 0 Å². The third-order valence-electron chi connectivity index (χ3n) is 0.450. The van der Waals surface area contributed by atoms with E-state index in [2.05, 4.69) is 10.2 Å². The first-order chi connectivity index (χ1) is 3.63. The zero-order valence-corrected chi connectivity index (χ0v) is 5.89. The molecule has 0 aliphatic carbocycles. The van der Waals surface area contributed by atoms with Crippen LogP contribution in [0.4, 0.5) is 0 Å². The topological polar surface area (TPSA) is 24.7 Å². The zero-order chi connectivity index (χ0) is 6.57. The average molecular weight is 112 g/mol. The highest BCUT2D eigenvalue weighted by atomic mass is 15.1. The first kappa shape index (κ1) is 7.60. The fourth-order valence-corrected chi connectivity index (χ4v) is 0.200. The van der Waals surface area contributed by atoms with E-state index in [0.717, 1.165) is 12.1 Å². The Bertz CT molecular complexity index is 64.6. The van der Waals surface area contributed by atoms with E-state index >= 15 is 0 Å². The van der Waals surface area contributed by atoms with Gasteiger partial charge in [-0.05, 0) is 27.7 Å². The molecule has 0 rings (SSSR count). The predicted octanol–water partition coefficient (Wildman–Crippen LogP) is 2.58. The standard InChI is InChI=1S/C6H12N2/c1-5(2)7-8-6(3)4/h1-4H3/b8-7+. The fraction of sp³-hybridized carbons (Fsp3) is 0.667. The zero-order valence-electron chi connectivity index (χ0n) is 5.89. The minimum atomic E-state index is 0.992. The Morgan fingerprint density at radius 2 is 1.00 bits per heavy atom. The van der Waals surface area contributed by atoms with Gasteiger partial charge in [0.05, 0.1) is 0 Å². The number of nitrogens with zero attached hydrogens (tertiary/aromatic N) is 2. The molecule has 46 valence electrons. The molecule has 0 saturated carbocycles. The summed E-state index contributed by atoms with van der Waals surface area (Å²) in [5.41, 5.74) is 0. The van der Waals surface area contributed by atoms with Gasteiger partial charge in [0.1, 0.15) is 12.1 Å². The van der Waals surface area contributed by atoms with Crippen molar-refractivity contribution in [1.82, 2.24) is 0 Å². The molecule has 2 nitrogen and oxygen atoms in total. The van der Waals surface area contributed by atoms with E-state index in [1.165, 1.54) is 0 Å². The van der Waals surface area contributed by atoms with Gasteiger partial charge in [-0.2, -0.15) is 10.2 Å². The third-order valence-corrected chi connectivity index (χ3v) is 0.450. The second-order valence-corrected chi connectivity index (χ2v) is 2.09. The molecule has 2 heteroatoms. The molecule has 0 fully saturated rings. The molecule has 0 spiro atoms. The molecule has 0 atom stereocenters. The van der Waals surface area contributed by atoms with Crippen molar-refractivity contribution in [2.75, 3.05) is 0 Å². The lowest BCUT2D eigenvalue weighted by Gasteiger charge is -1.92. The highest BCUT2D eigenvalue weighted by molar-refractivity contribution is 4.76. The Morgan fingerprint density at radius 1 is 0.750 bits per heavy atom. The van der Waals surface area contributed by atoms with Crippen molar-refractivity contribution >= 4 is 0 Å². The SMILES string of the molecule is C[C](C)/N=N/[C](C)C. The van der Waals surface area contributed by atoms with E-state index in [9.17, 15) is 0 Å². The Labute approximate surface area is 51.0 Å². The Morgan fingerprint density at radius 3 is 1.12 bits per heavy atom. The maximum absolute atomic E-state index is 3.83. The van der Waals surface area contributed by atoms with Gasteiger partial charge in [0, 0.05) is 0 Å². The van der Waals surface area contributed by atoms with Crippen LogP contribution in [0.2, 0.25) is 0 Å². The maximum Gasteiger partial charge on any atom is 0.102 e. The molecule has 8 heavy (non-hydrogen) atoms.